The van der Waals surface area contributed by atoms with Gasteiger partial charge in [-0.15, -0.1) is 13.2 Å². The van der Waals surface area contributed by atoms with E-state index in [1.165, 1.54) is 0 Å². The number of rotatable bonds is 9. The van der Waals surface area contributed by atoms with Gasteiger partial charge in [0, 0.05) is 12.1 Å². The molecule has 0 bridgehead atoms. The van der Waals surface area contributed by atoms with Crippen molar-refractivity contribution < 1.29 is 9.53 Å². The van der Waals surface area contributed by atoms with Crippen LogP contribution in [0, 0.1) is 5.92 Å². The molecule has 0 aromatic rings. The van der Waals surface area contributed by atoms with Crippen LogP contribution in [0.25, 0.3) is 0 Å². The molecule has 0 aliphatic carbocycles. The minimum absolute atomic E-state index is 0.141. The van der Waals surface area contributed by atoms with Gasteiger partial charge in [0.2, 0.25) is 0 Å². The molecule has 0 rings (SSSR count). The predicted molar refractivity (Wildman–Crippen MR) is 81.0 cm³/mol. The van der Waals surface area contributed by atoms with E-state index >= 15 is 0 Å². The summed E-state index contributed by atoms with van der Waals surface area (Å²) in [5, 5.41) is 0. The topological polar surface area (TPSA) is 29.5 Å². The molecule has 0 aromatic heterocycles. The van der Waals surface area contributed by atoms with E-state index in [4.69, 9.17) is 4.74 Å². The summed E-state index contributed by atoms with van der Waals surface area (Å²) in [5.74, 6) is -0.0719. The molecule has 0 N–H and O–H groups in total. The van der Waals surface area contributed by atoms with Crippen molar-refractivity contribution in [1.29, 1.82) is 0 Å². The lowest BCUT2D eigenvalue weighted by molar-refractivity contribution is -0.139. The lowest BCUT2D eigenvalue weighted by Gasteiger charge is -2.17. The number of carbonyl (C=O) groups excluding carboxylic acids is 1. The van der Waals surface area contributed by atoms with Crippen LogP contribution < -0.4 is 0 Å². The molecular formula is C16H27NO2. The molecule has 0 spiro atoms. The van der Waals surface area contributed by atoms with Gasteiger partial charge in [0.1, 0.15) is 6.61 Å². The largest absolute Gasteiger partial charge is 0.461 e. The average Bonchev–Trinajstić information content (AvgIpc) is 2.28. The summed E-state index contributed by atoms with van der Waals surface area (Å²) in [6.45, 7) is 12.6. The summed E-state index contributed by atoms with van der Waals surface area (Å²) in [6, 6.07) is 0. The molecule has 0 atom stereocenters. The highest BCUT2D eigenvalue weighted by atomic mass is 16.5. The summed E-state index contributed by atoms with van der Waals surface area (Å²) in [6.07, 6.45) is 5.02. The molecule has 0 saturated heterocycles. The van der Waals surface area contributed by atoms with Gasteiger partial charge in [-0.1, -0.05) is 31.6 Å². The van der Waals surface area contributed by atoms with E-state index in [1.807, 2.05) is 45.0 Å². The number of allylic oxidation sites excluding steroid dienone is 3. The molecule has 0 fully saturated rings. The zero-order valence-electron chi connectivity index (χ0n) is 12.7. The Hall–Kier alpha value is -1.35. The van der Waals surface area contributed by atoms with Gasteiger partial charge in [0.25, 0.3) is 0 Å². The molecule has 3 nitrogen and oxygen atoms in total. The first kappa shape index (κ1) is 17.6. The summed E-state index contributed by atoms with van der Waals surface area (Å²) in [4.78, 5) is 14.2. The highest BCUT2D eigenvalue weighted by Gasteiger charge is 2.19. The fourth-order valence-electron chi connectivity index (χ4n) is 1.84. The highest BCUT2D eigenvalue weighted by Crippen LogP contribution is 2.22. The number of hydrogen-bond acceptors (Lipinski definition) is 3. The van der Waals surface area contributed by atoms with Crippen molar-refractivity contribution in [3.8, 4) is 0 Å². The number of esters is 1. The molecule has 0 saturated carbocycles. The molecule has 0 unspecified atom stereocenters. The Kier molecular flexibility index (Phi) is 8.88. The molecule has 0 aliphatic rings. The Labute approximate surface area is 117 Å². The second kappa shape index (κ2) is 9.56. The lowest BCUT2D eigenvalue weighted by atomic mass is 9.93. The van der Waals surface area contributed by atoms with Crippen LogP contribution >= 0.6 is 0 Å². The first-order valence-electron chi connectivity index (χ1n) is 6.69. The standard InChI is InChI=1S/C16H27NO2/c1-7-9-14(10-8-2)15(13(3)4)16(18)19-12-11-17(5)6/h7-8,13H,1-2,9-12H2,3-6H3. The van der Waals surface area contributed by atoms with Crippen molar-refractivity contribution in [2.75, 3.05) is 27.2 Å². The van der Waals surface area contributed by atoms with Crippen LogP contribution in [0.3, 0.4) is 0 Å². The summed E-state index contributed by atoms with van der Waals surface area (Å²) >= 11 is 0. The van der Waals surface area contributed by atoms with Crippen LogP contribution in [0.4, 0.5) is 0 Å². The van der Waals surface area contributed by atoms with E-state index in [2.05, 4.69) is 13.2 Å². The molecule has 0 heterocycles. The van der Waals surface area contributed by atoms with Crippen LogP contribution in [-0.2, 0) is 9.53 Å². The summed E-state index contributed by atoms with van der Waals surface area (Å²) in [7, 11) is 3.90. The molecule has 0 amide bonds. The maximum Gasteiger partial charge on any atom is 0.334 e. The molecule has 0 aliphatic heterocycles. The second-order valence-electron chi connectivity index (χ2n) is 5.10. The zero-order chi connectivity index (χ0) is 14.8. The third-order valence-electron chi connectivity index (χ3n) is 2.73. The monoisotopic (exact) mass is 265 g/mol. The minimum atomic E-state index is -0.212. The normalized spacial score (nSPS) is 10.4. The number of carbonyl (C=O) groups is 1. The van der Waals surface area contributed by atoms with Gasteiger partial charge in [0.05, 0.1) is 0 Å². The molecule has 0 aromatic carbocycles. The van der Waals surface area contributed by atoms with Gasteiger partial charge < -0.3 is 9.64 Å². The minimum Gasteiger partial charge on any atom is -0.461 e. The Bertz CT molecular complexity index is 329. The molecule has 0 radical (unpaired) electrons. The van der Waals surface area contributed by atoms with Crippen LogP contribution in [0.15, 0.2) is 36.5 Å². The van der Waals surface area contributed by atoms with Crippen molar-refractivity contribution in [3.63, 3.8) is 0 Å². The Morgan fingerprint density at radius 2 is 1.74 bits per heavy atom. The van der Waals surface area contributed by atoms with E-state index in [1.54, 1.807) is 0 Å². The van der Waals surface area contributed by atoms with Gasteiger partial charge in [-0.2, -0.15) is 0 Å². The van der Waals surface area contributed by atoms with Gasteiger partial charge in [0.15, 0.2) is 0 Å². The van der Waals surface area contributed by atoms with Crippen LogP contribution in [-0.4, -0.2) is 38.1 Å². The van der Waals surface area contributed by atoms with Crippen molar-refractivity contribution in [3.05, 3.63) is 36.5 Å². The van der Waals surface area contributed by atoms with Gasteiger partial charge in [-0.25, -0.2) is 4.79 Å². The smallest absolute Gasteiger partial charge is 0.334 e. The van der Waals surface area contributed by atoms with E-state index in [-0.39, 0.29) is 11.9 Å². The van der Waals surface area contributed by atoms with Gasteiger partial charge >= 0.3 is 5.97 Å². The van der Waals surface area contributed by atoms with Crippen molar-refractivity contribution in [2.45, 2.75) is 26.7 Å². The number of hydrogen-bond donors (Lipinski definition) is 0. The van der Waals surface area contributed by atoms with Crippen molar-refractivity contribution >= 4 is 5.97 Å². The Balaban J connectivity index is 4.94. The fourth-order valence-corrected chi connectivity index (χ4v) is 1.84. The van der Waals surface area contributed by atoms with E-state index in [9.17, 15) is 4.79 Å². The van der Waals surface area contributed by atoms with Crippen LogP contribution in [0.1, 0.15) is 26.7 Å². The second-order valence-corrected chi connectivity index (χ2v) is 5.10. The number of likely N-dealkylation sites (N-methyl/N-ethyl adjacent to an activating group) is 1. The first-order chi connectivity index (χ1) is 8.93. The van der Waals surface area contributed by atoms with Gasteiger partial charge in [-0.05, 0) is 32.9 Å². The van der Waals surface area contributed by atoms with Crippen LogP contribution in [0.2, 0.25) is 0 Å². The van der Waals surface area contributed by atoms with Crippen molar-refractivity contribution in [1.82, 2.24) is 4.90 Å². The third-order valence-corrected chi connectivity index (χ3v) is 2.73. The molecule has 19 heavy (non-hydrogen) atoms. The highest BCUT2D eigenvalue weighted by molar-refractivity contribution is 5.90. The molecular weight excluding hydrogens is 238 g/mol. The maximum absolute atomic E-state index is 12.2. The fraction of sp³-hybridized carbons (Fsp3) is 0.562. The SMILES string of the molecule is C=CCC(CC=C)=C(C(=O)OCCN(C)C)C(C)C. The number of ether oxygens (including phenoxy) is 1. The molecule has 108 valence electrons. The van der Waals surface area contributed by atoms with E-state index < -0.39 is 0 Å². The van der Waals surface area contributed by atoms with E-state index in [0.717, 1.165) is 17.7 Å². The quantitative estimate of drug-likeness (QED) is 0.364. The van der Waals surface area contributed by atoms with Crippen molar-refractivity contribution in [2.24, 2.45) is 5.92 Å². The Morgan fingerprint density at radius 3 is 2.11 bits per heavy atom. The third kappa shape index (κ3) is 6.97. The number of nitrogens with zero attached hydrogens (tertiary/aromatic N) is 1. The lowest BCUT2D eigenvalue weighted by Crippen LogP contribution is -2.22. The average molecular weight is 265 g/mol. The van der Waals surface area contributed by atoms with Gasteiger partial charge in [-0.3, -0.25) is 0 Å². The summed E-state index contributed by atoms with van der Waals surface area (Å²) in [5.41, 5.74) is 1.81. The van der Waals surface area contributed by atoms with E-state index in [0.29, 0.717) is 19.4 Å². The zero-order valence-corrected chi connectivity index (χ0v) is 12.7. The maximum atomic E-state index is 12.2. The summed E-state index contributed by atoms with van der Waals surface area (Å²) < 4.78 is 5.34. The first-order valence-corrected chi connectivity index (χ1v) is 6.69. The predicted octanol–water partition coefficient (Wildman–Crippen LogP) is 3.20. The molecule has 3 heteroatoms. The van der Waals surface area contributed by atoms with Crippen LogP contribution in [0.5, 0.6) is 0 Å². The Morgan fingerprint density at radius 1 is 1.21 bits per heavy atom.